The lowest BCUT2D eigenvalue weighted by atomic mass is 10.1. The molecular formula is C18H15N3O4S. The Labute approximate surface area is 153 Å². The molecule has 4 rings (SSSR count). The zero-order valence-corrected chi connectivity index (χ0v) is 14.7. The number of carbonyl (C=O) groups excluding carboxylic acids is 1. The highest BCUT2D eigenvalue weighted by Gasteiger charge is 2.19. The van der Waals surface area contributed by atoms with Gasteiger partial charge in [0.05, 0.1) is 7.11 Å². The molecule has 0 saturated heterocycles. The van der Waals surface area contributed by atoms with Crippen LogP contribution in [0.1, 0.15) is 15.2 Å². The van der Waals surface area contributed by atoms with E-state index >= 15 is 0 Å². The molecule has 2 aromatic carbocycles. The summed E-state index contributed by atoms with van der Waals surface area (Å²) in [4.78, 5) is 13.1. The summed E-state index contributed by atoms with van der Waals surface area (Å²) in [5.41, 5.74) is 2.24. The highest BCUT2D eigenvalue weighted by Crippen LogP contribution is 2.32. The molecule has 2 heterocycles. The van der Waals surface area contributed by atoms with Gasteiger partial charge < -0.3 is 19.5 Å². The standard InChI is InChI=1S/C18H15N3O4S/c1-23-13-4-2-3-12(8-13)16-17(26-21-20-16)18(22)19-9-11-5-6-14-15(7-11)25-10-24-14/h2-8H,9-10H2,1H3,(H,19,22). The van der Waals surface area contributed by atoms with Crippen LogP contribution in [0.2, 0.25) is 0 Å². The van der Waals surface area contributed by atoms with Crippen molar-refractivity contribution in [2.75, 3.05) is 13.9 Å². The molecule has 0 aliphatic carbocycles. The van der Waals surface area contributed by atoms with E-state index in [0.29, 0.717) is 34.4 Å². The van der Waals surface area contributed by atoms with E-state index in [4.69, 9.17) is 14.2 Å². The lowest BCUT2D eigenvalue weighted by Crippen LogP contribution is -2.22. The number of ether oxygens (including phenoxy) is 3. The number of methoxy groups -OCH3 is 1. The summed E-state index contributed by atoms with van der Waals surface area (Å²) in [6, 6.07) is 13.0. The molecule has 3 aromatic rings. The minimum Gasteiger partial charge on any atom is -0.497 e. The first kappa shape index (κ1) is 16.3. The van der Waals surface area contributed by atoms with E-state index in [0.717, 1.165) is 22.7 Å². The molecule has 1 aliphatic heterocycles. The number of nitrogens with zero attached hydrogens (tertiary/aromatic N) is 2. The number of aromatic nitrogens is 2. The SMILES string of the molecule is COc1cccc(-c2nnsc2C(=O)NCc2ccc3c(c2)OCO3)c1. The zero-order chi connectivity index (χ0) is 17.9. The van der Waals surface area contributed by atoms with E-state index in [2.05, 4.69) is 14.9 Å². The number of hydrogen-bond donors (Lipinski definition) is 1. The van der Waals surface area contributed by atoms with Crippen LogP contribution in [0.5, 0.6) is 17.2 Å². The average molecular weight is 369 g/mol. The lowest BCUT2D eigenvalue weighted by molar-refractivity contribution is 0.0955. The van der Waals surface area contributed by atoms with Gasteiger partial charge in [-0.2, -0.15) is 0 Å². The Morgan fingerprint density at radius 3 is 3.00 bits per heavy atom. The third-order valence-electron chi connectivity index (χ3n) is 3.93. The van der Waals surface area contributed by atoms with Crippen molar-refractivity contribution in [3.05, 3.63) is 52.9 Å². The van der Waals surface area contributed by atoms with Crippen LogP contribution in [-0.2, 0) is 6.54 Å². The molecule has 0 spiro atoms. The molecular weight excluding hydrogens is 354 g/mol. The first-order valence-electron chi connectivity index (χ1n) is 7.88. The minimum absolute atomic E-state index is 0.224. The second kappa shape index (κ2) is 7.01. The molecule has 0 bridgehead atoms. The predicted molar refractivity (Wildman–Crippen MR) is 95.6 cm³/mol. The van der Waals surface area contributed by atoms with Crippen LogP contribution in [0, 0.1) is 0 Å². The predicted octanol–water partition coefficient (Wildman–Crippen LogP) is 2.87. The van der Waals surface area contributed by atoms with Crippen molar-refractivity contribution in [3.8, 4) is 28.5 Å². The van der Waals surface area contributed by atoms with Crippen LogP contribution >= 0.6 is 11.5 Å². The smallest absolute Gasteiger partial charge is 0.265 e. The summed E-state index contributed by atoms with van der Waals surface area (Å²) in [5.74, 6) is 1.87. The van der Waals surface area contributed by atoms with Gasteiger partial charge in [0, 0.05) is 12.1 Å². The van der Waals surface area contributed by atoms with E-state index in [1.807, 2.05) is 42.5 Å². The van der Waals surface area contributed by atoms with Crippen LogP contribution in [0.15, 0.2) is 42.5 Å². The van der Waals surface area contributed by atoms with Gasteiger partial charge in [-0.25, -0.2) is 0 Å². The zero-order valence-electron chi connectivity index (χ0n) is 13.9. The second-order valence-corrected chi connectivity index (χ2v) is 6.31. The molecule has 8 heteroatoms. The number of rotatable bonds is 5. The average Bonchev–Trinajstić information content (AvgIpc) is 3.35. The van der Waals surface area contributed by atoms with Gasteiger partial charge in [0.2, 0.25) is 6.79 Å². The molecule has 7 nitrogen and oxygen atoms in total. The maximum atomic E-state index is 12.6. The van der Waals surface area contributed by atoms with Gasteiger partial charge in [-0.05, 0) is 41.4 Å². The molecule has 0 atom stereocenters. The maximum Gasteiger partial charge on any atom is 0.265 e. The van der Waals surface area contributed by atoms with Gasteiger partial charge in [0.1, 0.15) is 16.3 Å². The molecule has 0 radical (unpaired) electrons. The van der Waals surface area contributed by atoms with Crippen LogP contribution in [0.4, 0.5) is 0 Å². The summed E-state index contributed by atoms with van der Waals surface area (Å²) in [7, 11) is 1.59. The van der Waals surface area contributed by atoms with Crippen molar-refractivity contribution < 1.29 is 19.0 Å². The number of carbonyl (C=O) groups is 1. The summed E-state index contributed by atoms with van der Waals surface area (Å²) >= 11 is 1.06. The van der Waals surface area contributed by atoms with Gasteiger partial charge in [-0.3, -0.25) is 4.79 Å². The largest absolute Gasteiger partial charge is 0.497 e. The first-order valence-corrected chi connectivity index (χ1v) is 8.65. The number of hydrogen-bond acceptors (Lipinski definition) is 7. The molecule has 0 unspecified atom stereocenters. The number of nitrogens with one attached hydrogen (secondary N) is 1. The van der Waals surface area contributed by atoms with E-state index < -0.39 is 0 Å². The molecule has 132 valence electrons. The van der Waals surface area contributed by atoms with Crippen molar-refractivity contribution in [2.24, 2.45) is 0 Å². The van der Waals surface area contributed by atoms with Crippen LogP contribution in [0.3, 0.4) is 0 Å². The second-order valence-electron chi connectivity index (χ2n) is 5.55. The normalized spacial score (nSPS) is 12.0. The Bertz CT molecular complexity index is 957. The summed E-state index contributed by atoms with van der Waals surface area (Å²) in [6.45, 7) is 0.590. The van der Waals surface area contributed by atoms with Gasteiger partial charge in [0.15, 0.2) is 11.5 Å². The third kappa shape index (κ3) is 3.18. The van der Waals surface area contributed by atoms with Gasteiger partial charge in [-0.1, -0.05) is 22.7 Å². The lowest BCUT2D eigenvalue weighted by Gasteiger charge is -2.07. The van der Waals surface area contributed by atoms with E-state index in [9.17, 15) is 4.79 Å². The molecule has 0 fully saturated rings. The Morgan fingerprint density at radius 1 is 1.23 bits per heavy atom. The fourth-order valence-electron chi connectivity index (χ4n) is 2.61. The van der Waals surface area contributed by atoms with Crippen LogP contribution < -0.4 is 19.5 Å². The molecule has 1 aromatic heterocycles. The van der Waals surface area contributed by atoms with E-state index in [-0.39, 0.29) is 12.7 Å². The highest BCUT2D eigenvalue weighted by atomic mass is 32.1. The summed E-state index contributed by atoms with van der Waals surface area (Å²) in [6.07, 6.45) is 0. The Kier molecular flexibility index (Phi) is 4.40. The van der Waals surface area contributed by atoms with Crippen molar-refractivity contribution >= 4 is 17.4 Å². The molecule has 1 aliphatic rings. The molecule has 26 heavy (non-hydrogen) atoms. The maximum absolute atomic E-state index is 12.6. The van der Waals surface area contributed by atoms with Crippen LogP contribution in [0.25, 0.3) is 11.3 Å². The third-order valence-corrected chi connectivity index (χ3v) is 4.65. The fraction of sp³-hybridized carbons (Fsp3) is 0.167. The molecule has 1 amide bonds. The van der Waals surface area contributed by atoms with Crippen molar-refractivity contribution in [1.29, 1.82) is 0 Å². The highest BCUT2D eigenvalue weighted by molar-refractivity contribution is 7.08. The fourth-order valence-corrected chi connectivity index (χ4v) is 3.22. The Balaban J connectivity index is 1.50. The van der Waals surface area contributed by atoms with Crippen molar-refractivity contribution in [2.45, 2.75) is 6.54 Å². The Morgan fingerprint density at radius 2 is 2.12 bits per heavy atom. The minimum atomic E-state index is -0.226. The van der Waals surface area contributed by atoms with E-state index in [1.54, 1.807) is 7.11 Å². The number of fused-ring (bicyclic) bond motifs is 1. The van der Waals surface area contributed by atoms with Gasteiger partial charge >= 0.3 is 0 Å². The van der Waals surface area contributed by atoms with Gasteiger partial charge in [-0.15, -0.1) is 5.10 Å². The number of benzene rings is 2. The first-order chi connectivity index (χ1) is 12.7. The molecule has 0 saturated carbocycles. The monoisotopic (exact) mass is 369 g/mol. The summed E-state index contributed by atoms with van der Waals surface area (Å²) in [5, 5.41) is 7.00. The summed E-state index contributed by atoms with van der Waals surface area (Å²) < 4.78 is 19.8. The Hall–Kier alpha value is -3.13. The molecule has 1 N–H and O–H groups in total. The van der Waals surface area contributed by atoms with E-state index in [1.165, 1.54) is 0 Å². The van der Waals surface area contributed by atoms with Crippen molar-refractivity contribution in [1.82, 2.24) is 14.9 Å². The van der Waals surface area contributed by atoms with Crippen LogP contribution in [-0.4, -0.2) is 29.4 Å². The topological polar surface area (TPSA) is 82.6 Å². The van der Waals surface area contributed by atoms with Gasteiger partial charge in [0.25, 0.3) is 5.91 Å². The van der Waals surface area contributed by atoms with Crippen molar-refractivity contribution in [3.63, 3.8) is 0 Å². The number of amides is 1. The quantitative estimate of drug-likeness (QED) is 0.745.